The zero-order chi connectivity index (χ0) is 21.7. The maximum absolute atomic E-state index is 11.4. The molecule has 30 heavy (non-hydrogen) atoms. The van der Waals surface area contributed by atoms with E-state index in [1.807, 2.05) is 19.9 Å². The number of ether oxygens (including phenoxy) is 2. The van der Waals surface area contributed by atoms with E-state index in [1.165, 1.54) is 7.11 Å². The molecule has 0 aromatic heterocycles. The van der Waals surface area contributed by atoms with Crippen LogP contribution < -0.4 is 4.74 Å². The van der Waals surface area contributed by atoms with Gasteiger partial charge >= 0.3 is 5.97 Å². The highest BCUT2D eigenvalue weighted by atomic mass is 16.5. The third-order valence-corrected chi connectivity index (χ3v) is 6.69. The maximum atomic E-state index is 11.4. The van der Waals surface area contributed by atoms with Crippen molar-refractivity contribution in [1.82, 2.24) is 0 Å². The van der Waals surface area contributed by atoms with Crippen molar-refractivity contribution in [2.24, 2.45) is 11.8 Å². The van der Waals surface area contributed by atoms with Gasteiger partial charge in [-0.1, -0.05) is 25.1 Å². The first-order chi connectivity index (χ1) is 14.5. The number of aliphatic hydroxyl groups is 2. The summed E-state index contributed by atoms with van der Waals surface area (Å²) < 4.78 is 11.0. The van der Waals surface area contributed by atoms with Crippen LogP contribution in [0.4, 0.5) is 0 Å². The molecule has 2 N–H and O–H groups in total. The van der Waals surface area contributed by atoms with Gasteiger partial charge in [-0.05, 0) is 50.0 Å². The lowest BCUT2D eigenvalue weighted by atomic mass is 9.82. The summed E-state index contributed by atoms with van der Waals surface area (Å²) in [5.74, 6) is 7.03. The average Bonchev–Trinajstić information content (AvgIpc) is 3.25. The molecule has 3 rings (SSSR count). The van der Waals surface area contributed by atoms with Crippen LogP contribution in [-0.4, -0.2) is 41.6 Å². The Kier molecular flexibility index (Phi) is 7.80. The van der Waals surface area contributed by atoms with Gasteiger partial charge in [0.1, 0.15) is 11.9 Å². The van der Waals surface area contributed by atoms with Crippen molar-refractivity contribution in [2.75, 3.05) is 7.11 Å². The van der Waals surface area contributed by atoms with Crippen LogP contribution in [0.25, 0.3) is 0 Å². The first kappa shape index (κ1) is 22.7. The number of aryl methyl sites for hydroxylation is 1. The van der Waals surface area contributed by atoms with Crippen molar-refractivity contribution in [3.63, 3.8) is 0 Å². The molecule has 0 amide bonds. The summed E-state index contributed by atoms with van der Waals surface area (Å²) >= 11 is 0. The van der Waals surface area contributed by atoms with E-state index in [1.54, 1.807) is 0 Å². The summed E-state index contributed by atoms with van der Waals surface area (Å²) in [6.45, 7) is 3.84. The minimum Gasteiger partial charge on any atom is -0.489 e. The molecule has 0 spiro atoms. The van der Waals surface area contributed by atoms with Crippen LogP contribution in [0.1, 0.15) is 69.4 Å². The molecule has 1 aromatic rings. The van der Waals surface area contributed by atoms with Gasteiger partial charge in [-0.3, -0.25) is 4.79 Å². The highest BCUT2D eigenvalue weighted by molar-refractivity contribution is 5.69. The smallest absolute Gasteiger partial charge is 0.305 e. The number of benzene rings is 1. The molecular weight excluding hydrogens is 380 g/mol. The highest BCUT2D eigenvalue weighted by Crippen LogP contribution is 2.53. The van der Waals surface area contributed by atoms with Crippen LogP contribution in [0.3, 0.4) is 0 Å². The van der Waals surface area contributed by atoms with Crippen molar-refractivity contribution in [3.8, 4) is 17.6 Å². The van der Waals surface area contributed by atoms with E-state index in [-0.39, 0.29) is 29.8 Å². The number of hydrogen-bond acceptors (Lipinski definition) is 5. The predicted octanol–water partition coefficient (Wildman–Crippen LogP) is 3.60. The van der Waals surface area contributed by atoms with Gasteiger partial charge in [-0.15, -0.1) is 11.8 Å². The number of para-hydroxylation sites is 1. The molecule has 164 valence electrons. The summed E-state index contributed by atoms with van der Waals surface area (Å²) in [6.07, 6.45) is 3.79. The fraction of sp³-hybridized carbons (Fsp3) is 0.640. The molecule has 5 nitrogen and oxygen atoms in total. The van der Waals surface area contributed by atoms with Crippen LogP contribution in [0.2, 0.25) is 0 Å². The molecule has 1 fully saturated rings. The standard InChI is InChI=1S/C25H34O5/c1-4-5-8-16(2)20(26)14-13-18-21(27)15-22-24(18)19-11-6-9-17(25(19)30-22)10-7-12-23(28)29-3/h6,9,11,16,18,20-22,24,26-27H,7-8,10,12-15H2,1-3H3/t16-,18+,20-,21?,22+,24+/m0/s1. The summed E-state index contributed by atoms with van der Waals surface area (Å²) in [5.41, 5.74) is 2.28. The number of methoxy groups -OCH3 is 1. The zero-order valence-corrected chi connectivity index (χ0v) is 18.3. The van der Waals surface area contributed by atoms with Crippen molar-refractivity contribution >= 4 is 5.97 Å². The third kappa shape index (κ3) is 4.99. The molecule has 0 saturated heterocycles. The second-order valence-electron chi connectivity index (χ2n) is 8.67. The first-order valence-electron chi connectivity index (χ1n) is 11.1. The molecular formula is C25H34O5. The number of aliphatic hydroxyl groups excluding tert-OH is 2. The second kappa shape index (κ2) is 10.3. The van der Waals surface area contributed by atoms with E-state index in [2.05, 4.69) is 24.0 Å². The summed E-state index contributed by atoms with van der Waals surface area (Å²) in [5, 5.41) is 21.2. The summed E-state index contributed by atoms with van der Waals surface area (Å²) in [6, 6.07) is 6.20. The van der Waals surface area contributed by atoms with Gasteiger partial charge in [0.25, 0.3) is 0 Å². The van der Waals surface area contributed by atoms with E-state index in [0.29, 0.717) is 25.7 Å². The molecule has 1 unspecified atom stereocenters. The monoisotopic (exact) mass is 414 g/mol. The lowest BCUT2D eigenvalue weighted by Gasteiger charge is -2.24. The Morgan fingerprint density at radius 2 is 2.20 bits per heavy atom. The Bertz CT molecular complexity index is 792. The molecule has 0 bridgehead atoms. The van der Waals surface area contributed by atoms with E-state index in [4.69, 9.17) is 9.47 Å². The lowest BCUT2D eigenvalue weighted by Crippen LogP contribution is -2.23. The quantitative estimate of drug-likeness (QED) is 0.477. The van der Waals surface area contributed by atoms with E-state index in [9.17, 15) is 15.0 Å². The number of rotatable bonds is 9. The normalized spacial score (nSPS) is 26.0. The molecule has 1 saturated carbocycles. The van der Waals surface area contributed by atoms with E-state index >= 15 is 0 Å². The Hall–Kier alpha value is -2.03. The van der Waals surface area contributed by atoms with Gasteiger partial charge in [0.05, 0.1) is 19.3 Å². The van der Waals surface area contributed by atoms with Gasteiger partial charge in [-0.25, -0.2) is 0 Å². The molecule has 5 heteroatoms. The molecule has 6 atom stereocenters. The van der Waals surface area contributed by atoms with Gasteiger partial charge in [0.2, 0.25) is 0 Å². The minimum atomic E-state index is -0.413. The average molecular weight is 415 g/mol. The number of carbonyl (C=O) groups is 1. The van der Waals surface area contributed by atoms with Crippen molar-refractivity contribution in [1.29, 1.82) is 0 Å². The molecule has 1 aromatic carbocycles. The molecule has 1 heterocycles. The van der Waals surface area contributed by atoms with E-state index in [0.717, 1.165) is 36.1 Å². The van der Waals surface area contributed by atoms with Crippen LogP contribution in [-0.2, 0) is 16.0 Å². The van der Waals surface area contributed by atoms with Crippen molar-refractivity contribution in [2.45, 2.75) is 83.0 Å². The van der Waals surface area contributed by atoms with Gasteiger partial charge < -0.3 is 19.7 Å². The number of carbonyl (C=O) groups excluding carboxylic acids is 1. The minimum absolute atomic E-state index is 0.0118. The summed E-state index contributed by atoms with van der Waals surface area (Å²) in [7, 11) is 1.41. The molecule has 1 aliphatic carbocycles. The Balaban J connectivity index is 1.66. The Labute approximate surface area is 179 Å². The van der Waals surface area contributed by atoms with Crippen molar-refractivity contribution in [3.05, 3.63) is 29.3 Å². The fourth-order valence-corrected chi connectivity index (χ4v) is 4.93. The third-order valence-electron chi connectivity index (χ3n) is 6.69. The van der Waals surface area contributed by atoms with Crippen molar-refractivity contribution < 1.29 is 24.5 Å². The first-order valence-corrected chi connectivity index (χ1v) is 11.1. The van der Waals surface area contributed by atoms with Gasteiger partial charge in [-0.2, -0.15) is 0 Å². The summed E-state index contributed by atoms with van der Waals surface area (Å²) in [4.78, 5) is 11.4. The molecule has 2 aliphatic rings. The number of fused-ring (bicyclic) bond motifs is 3. The highest BCUT2D eigenvalue weighted by Gasteiger charge is 2.49. The van der Waals surface area contributed by atoms with Crippen LogP contribution in [0.15, 0.2) is 18.2 Å². The fourth-order valence-electron chi connectivity index (χ4n) is 4.93. The van der Waals surface area contributed by atoms with Crippen LogP contribution in [0.5, 0.6) is 5.75 Å². The Morgan fingerprint density at radius 3 is 2.93 bits per heavy atom. The Morgan fingerprint density at radius 1 is 1.40 bits per heavy atom. The molecule has 1 aliphatic heterocycles. The van der Waals surface area contributed by atoms with Crippen LogP contribution >= 0.6 is 0 Å². The number of hydrogen-bond donors (Lipinski definition) is 2. The largest absolute Gasteiger partial charge is 0.489 e. The number of esters is 1. The zero-order valence-electron chi connectivity index (χ0n) is 18.3. The van der Waals surface area contributed by atoms with Gasteiger partial charge in [0.15, 0.2) is 0 Å². The maximum Gasteiger partial charge on any atom is 0.305 e. The predicted molar refractivity (Wildman–Crippen MR) is 115 cm³/mol. The van der Waals surface area contributed by atoms with Gasteiger partial charge in [0, 0.05) is 30.7 Å². The SMILES string of the molecule is CC#CC[C@H](C)[C@@H](O)CC[C@@H]1C(O)C[C@H]2Oc3c(CCCC(=O)OC)cccc3[C@@H]12. The lowest BCUT2D eigenvalue weighted by molar-refractivity contribution is -0.140. The topological polar surface area (TPSA) is 76.0 Å². The molecule has 0 radical (unpaired) electrons. The van der Waals surface area contributed by atoms with Crippen LogP contribution in [0, 0.1) is 23.7 Å². The second-order valence-corrected chi connectivity index (χ2v) is 8.67. The van der Waals surface area contributed by atoms with E-state index < -0.39 is 12.2 Å².